The number of piperidine rings is 1. The predicted octanol–water partition coefficient (Wildman–Crippen LogP) is 5.92. The van der Waals surface area contributed by atoms with Crippen LogP contribution in [0.15, 0.2) is 46.3 Å². The van der Waals surface area contributed by atoms with Crippen LogP contribution < -0.4 is 4.90 Å². The number of fused-ring (bicyclic) bond motifs is 1. The summed E-state index contributed by atoms with van der Waals surface area (Å²) in [4.78, 5) is 38.5. The highest BCUT2D eigenvalue weighted by molar-refractivity contribution is 7.12. The van der Waals surface area contributed by atoms with Gasteiger partial charge in [-0.1, -0.05) is 11.2 Å². The van der Waals surface area contributed by atoms with E-state index in [2.05, 4.69) is 5.16 Å². The lowest BCUT2D eigenvalue weighted by atomic mass is 9.99. The topological polar surface area (TPSA) is 97.4 Å². The summed E-state index contributed by atoms with van der Waals surface area (Å²) in [6.07, 6.45) is 1.59. The number of benzene rings is 2. The fourth-order valence-corrected chi connectivity index (χ4v) is 6.29. The average Bonchev–Trinajstić information content (AvgIpc) is 3.66. The first-order chi connectivity index (χ1) is 20.1. The van der Waals surface area contributed by atoms with Gasteiger partial charge >= 0.3 is 0 Å². The Balaban J connectivity index is 1.53. The van der Waals surface area contributed by atoms with E-state index in [1.165, 1.54) is 27.2 Å². The van der Waals surface area contributed by atoms with Crippen LogP contribution in [0.5, 0.6) is 0 Å². The van der Waals surface area contributed by atoms with E-state index in [0.717, 1.165) is 34.5 Å². The largest absolute Gasteiger partial charge is 0.361 e. The number of amides is 2. The molecule has 1 atom stereocenters. The number of hydrogen-bond acceptors (Lipinski definition) is 7. The van der Waals surface area contributed by atoms with Crippen LogP contribution in [-0.2, 0) is 16.0 Å². The lowest BCUT2D eigenvalue weighted by Gasteiger charge is -2.35. The van der Waals surface area contributed by atoms with Crippen molar-refractivity contribution in [2.75, 3.05) is 19.0 Å². The van der Waals surface area contributed by atoms with Crippen molar-refractivity contribution in [2.45, 2.75) is 45.6 Å². The predicted molar refractivity (Wildman–Crippen MR) is 155 cm³/mol. The fraction of sp³-hybridized carbons (Fsp3) is 0.300. The average molecular weight is 591 g/mol. The molecule has 1 unspecified atom stereocenters. The Morgan fingerprint density at radius 2 is 1.93 bits per heavy atom. The molecule has 2 aromatic carbocycles. The molecule has 6 rings (SSSR count). The van der Waals surface area contributed by atoms with Gasteiger partial charge in [0.25, 0.3) is 0 Å². The Morgan fingerprint density at radius 3 is 2.64 bits per heavy atom. The number of carbonyl (C=O) groups is 2. The highest BCUT2D eigenvalue weighted by atomic mass is 32.1. The molecule has 4 heterocycles. The first kappa shape index (κ1) is 27.7. The van der Waals surface area contributed by atoms with Gasteiger partial charge in [-0.05, 0) is 56.5 Å². The third-order valence-corrected chi connectivity index (χ3v) is 8.37. The van der Waals surface area contributed by atoms with E-state index >= 15 is 0 Å². The van der Waals surface area contributed by atoms with Crippen LogP contribution in [0.2, 0.25) is 0 Å². The second kappa shape index (κ2) is 10.8. The van der Waals surface area contributed by atoms with Crippen molar-refractivity contribution in [1.29, 1.82) is 0 Å². The van der Waals surface area contributed by atoms with E-state index < -0.39 is 17.7 Å². The minimum Gasteiger partial charge on any atom is -0.361 e. The highest BCUT2D eigenvalue weighted by Gasteiger charge is 2.35. The summed E-state index contributed by atoms with van der Waals surface area (Å²) in [6, 6.07) is 8.75. The molecule has 1 fully saturated rings. The zero-order valence-corrected chi connectivity index (χ0v) is 24.3. The Hall–Kier alpha value is -4.45. The van der Waals surface area contributed by atoms with E-state index in [1.807, 2.05) is 42.0 Å². The standard InChI is InChI=1S/C30H28F2N6O3S/c1-16-28(17(2)41-35-16)18-8-11-24-23(12-18)34-29(38(24)30-33-19(15-42-30)13-27(40)36(3)4)25-6-5-7-26(39)37(25)20-9-10-21(31)22(32)14-20/h8-12,14-15,25H,5-7,13H2,1-4H3. The van der Waals surface area contributed by atoms with E-state index in [-0.39, 0.29) is 30.3 Å². The first-order valence-corrected chi connectivity index (χ1v) is 14.4. The van der Waals surface area contributed by atoms with Crippen molar-refractivity contribution in [3.05, 3.63) is 76.4 Å². The molecule has 0 bridgehead atoms. The van der Waals surface area contributed by atoms with Crippen LogP contribution >= 0.6 is 11.3 Å². The second-order valence-electron chi connectivity index (χ2n) is 10.6. The summed E-state index contributed by atoms with van der Waals surface area (Å²) >= 11 is 1.37. The molecule has 0 N–H and O–H groups in total. The van der Waals surface area contributed by atoms with E-state index in [0.29, 0.717) is 40.8 Å². The number of likely N-dealkylation sites (N-methyl/N-ethyl adjacent to an activating group) is 1. The van der Waals surface area contributed by atoms with E-state index in [1.54, 1.807) is 14.1 Å². The summed E-state index contributed by atoms with van der Waals surface area (Å²) in [5.41, 5.74) is 4.80. The molecular formula is C30H28F2N6O3S. The monoisotopic (exact) mass is 590 g/mol. The normalized spacial score (nSPS) is 15.5. The number of hydrogen-bond donors (Lipinski definition) is 0. The minimum absolute atomic E-state index is 0.0749. The van der Waals surface area contributed by atoms with Gasteiger partial charge in [-0.25, -0.2) is 18.7 Å². The van der Waals surface area contributed by atoms with E-state index in [9.17, 15) is 18.4 Å². The number of imidazole rings is 1. The second-order valence-corrected chi connectivity index (χ2v) is 11.4. The van der Waals surface area contributed by atoms with Crippen molar-refractivity contribution in [3.8, 4) is 16.3 Å². The molecule has 0 radical (unpaired) electrons. The lowest BCUT2D eigenvalue weighted by Crippen LogP contribution is -2.39. The molecule has 0 aliphatic carbocycles. The van der Waals surface area contributed by atoms with Crippen molar-refractivity contribution in [1.82, 2.24) is 24.6 Å². The van der Waals surface area contributed by atoms with Gasteiger partial charge in [0.15, 0.2) is 16.8 Å². The van der Waals surface area contributed by atoms with Gasteiger partial charge in [0.05, 0.1) is 34.9 Å². The fourth-order valence-electron chi connectivity index (χ4n) is 5.44. The molecule has 1 saturated heterocycles. The zero-order chi connectivity index (χ0) is 29.7. The molecule has 9 nitrogen and oxygen atoms in total. The first-order valence-electron chi connectivity index (χ1n) is 13.5. The molecule has 1 aliphatic rings. The van der Waals surface area contributed by atoms with Crippen LogP contribution in [0.3, 0.4) is 0 Å². The van der Waals surface area contributed by atoms with Crippen LogP contribution in [0.1, 0.15) is 48.3 Å². The third-order valence-electron chi connectivity index (χ3n) is 7.49. The zero-order valence-electron chi connectivity index (χ0n) is 23.5. The Morgan fingerprint density at radius 1 is 1.12 bits per heavy atom. The number of rotatable bonds is 6. The highest BCUT2D eigenvalue weighted by Crippen LogP contribution is 2.40. The summed E-state index contributed by atoms with van der Waals surface area (Å²) in [5, 5.41) is 6.50. The number of nitrogens with zero attached hydrogens (tertiary/aromatic N) is 6. The number of halogens is 2. The number of aromatic nitrogens is 4. The quantitative estimate of drug-likeness (QED) is 0.244. The summed E-state index contributed by atoms with van der Waals surface area (Å²) in [7, 11) is 3.39. The number of thiazole rings is 1. The summed E-state index contributed by atoms with van der Waals surface area (Å²) in [6.45, 7) is 3.72. The van der Waals surface area contributed by atoms with Gasteiger partial charge < -0.3 is 14.3 Å². The molecule has 2 amide bonds. The molecule has 12 heteroatoms. The maximum Gasteiger partial charge on any atom is 0.228 e. The van der Waals surface area contributed by atoms with Crippen LogP contribution in [0, 0.1) is 25.5 Å². The van der Waals surface area contributed by atoms with Crippen molar-refractivity contribution >= 4 is 39.9 Å². The SMILES string of the molecule is Cc1noc(C)c1-c1ccc2c(c1)nc(C1CCCC(=O)N1c1ccc(F)c(F)c1)n2-c1nc(CC(=O)N(C)C)cs1. The summed E-state index contributed by atoms with van der Waals surface area (Å²) < 4.78 is 35.4. The Bertz CT molecular complexity index is 1820. The Labute approximate surface area is 244 Å². The maximum atomic E-state index is 14.3. The molecule has 3 aromatic heterocycles. The molecule has 0 spiro atoms. The molecule has 0 saturated carbocycles. The van der Waals surface area contributed by atoms with Gasteiger partial charge in [0.2, 0.25) is 11.8 Å². The van der Waals surface area contributed by atoms with Gasteiger partial charge in [-0.3, -0.25) is 14.2 Å². The van der Waals surface area contributed by atoms with Gasteiger partial charge in [0.1, 0.15) is 11.6 Å². The molecule has 42 heavy (non-hydrogen) atoms. The van der Waals surface area contributed by atoms with Gasteiger partial charge in [-0.15, -0.1) is 11.3 Å². The number of aryl methyl sites for hydroxylation is 2. The molecule has 216 valence electrons. The van der Waals surface area contributed by atoms with Crippen molar-refractivity contribution in [3.63, 3.8) is 0 Å². The van der Waals surface area contributed by atoms with E-state index in [4.69, 9.17) is 14.5 Å². The van der Waals surface area contributed by atoms with Crippen molar-refractivity contribution < 1.29 is 22.9 Å². The summed E-state index contributed by atoms with van der Waals surface area (Å²) in [5.74, 6) is -1.07. The van der Waals surface area contributed by atoms with Crippen LogP contribution in [-0.4, -0.2) is 50.5 Å². The number of anilines is 1. The Kier molecular flexibility index (Phi) is 7.09. The maximum absolute atomic E-state index is 14.3. The minimum atomic E-state index is -1.03. The molecule has 5 aromatic rings. The molecule has 1 aliphatic heterocycles. The smallest absolute Gasteiger partial charge is 0.228 e. The lowest BCUT2D eigenvalue weighted by molar-refractivity contribution is -0.128. The molecular weight excluding hydrogens is 562 g/mol. The van der Waals surface area contributed by atoms with Crippen molar-refractivity contribution in [2.24, 2.45) is 0 Å². The van der Waals surface area contributed by atoms with Crippen LogP contribution in [0.25, 0.3) is 27.3 Å². The van der Waals surface area contributed by atoms with Gasteiger partial charge in [0, 0.05) is 43.2 Å². The van der Waals surface area contributed by atoms with Crippen LogP contribution in [0.4, 0.5) is 14.5 Å². The number of carbonyl (C=O) groups excluding carboxylic acids is 2. The van der Waals surface area contributed by atoms with Gasteiger partial charge in [-0.2, -0.15) is 0 Å². The third kappa shape index (κ3) is 4.85.